The van der Waals surface area contributed by atoms with E-state index >= 15 is 0 Å². The molecular weight excluding hydrogens is 284 g/mol. The van der Waals surface area contributed by atoms with Crippen molar-refractivity contribution in [2.75, 3.05) is 0 Å². The minimum Gasteiger partial charge on any atom is -0.268 e. The van der Waals surface area contributed by atoms with Gasteiger partial charge in [0, 0.05) is 24.7 Å². The molecule has 0 saturated heterocycles. The lowest BCUT2D eigenvalue weighted by molar-refractivity contribution is -0.385. The van der Waals surface area contributed by atoms with Crippen molar-refractivity contribution in [1.29, 1.82) is 0 Å². The van der Waals surface area contributed by atoms with Gasteiger partial charge in [0.25, 0.3) is 5.69 Å². The predicted octanol–water partition coefficient (Wildman–Crippen LogP) is 0.951. The largest absolute Gasteiger partial charge is 0.270 e. The van der Waals surface area contributed by atoms with Gasteiger partial charge < -0.3 is 0 Å². The maximum absolute atomic E-state index is 11.6. The third-order valence-electron chi connectivity index (χ3n) is 2.76. The maximum atomic E-state index is 11.6. The molecule has 0 spiro atoms. The number of sulfonamides is 1. The Morgan fingerprint density at radius 1 is 1.35 bits per heavy atom. The van der Waals surface area contributed by atoms with E-state index in [1.165, 1.54) is 16.8 Å². The topological polar surface area (TPSA) is 121 Å². The number of aryl methyl sites for hydroxylation is 2. The van der Waals surface area contributed by atoms with E-state index in [1.54, 1.807) is 20.0 Å². The van der Waals surface area contributed by atoms with E-state index in [1.807, 2.05) is 0 Å². The lowest BCUT2D eigenvalue weighted by Gasteiger charge is -2.07. The lowest BCUT2D eigenvalue weighted by atomic mass is 10.1. The van der Waals surface area contributed by atoms with Crippen LogP contribution in [0.2, 0.25) is 0 Å². The molecule has 9 heteroatoms. The molecule has 0 bridgehead atoms. The summed E-state index contributed by atoms with van der Waals surface area (Å²) >= 11 is 0. The van der Waals surface area contributed by atoms with Crippen LogP contribution >= 0.6 is 0 Å². The van der Waals surface area contributed by atoms with Gasteiger partial charge in [-0.05, 0) is 19.1 Å². The second kappa shape index (κ2) is 4.69. The van der Waals surface area contributed by atoms with Gasteiger partial charge in [0.1, 0.15) is 0 Å². The summed E-state index contributed by atoms with van der Waals surface area (Å²) in [7, 11) is -2.44. The summed E-state index contributed by atoms with van der Waals surface area (Å²) in [5.74, 6) is 0. The number of nitro benzene ring substituents is 1. The van der Waals surface area contributed by atoms with Crippen LogP contribution in [0.25, 0.3) is 11.3 Å². The van der Waals surface area contributed by atoms with Crippen molar-refractivity contribution in [3.63, 3.8) is 0 Å². The summed E-state index contributed by atoms with van der Waals surface area (Å²) in [4.78, 5) is 9.78. The highest BCUT2D eigenvalue weighted by Gasteiger charge is 2.21. The zero-order chi connectivity index (χ0) is 15.1. The molecule has 0 atom stereocenters. The second-order valence-electron chi connectivity index (χ2n) is 4.28. The van der Waals surface area contributed by atoms with Crippen molar-refractivity contribution >= 4 is 15.7 Å². The standard InChI is InChI=1S/C11H12N4O4S/c1-7-5-10(14(2)13-7)9-4-3-8(15(16)17)6-11(9)20(12,18)19/h3-6H,1-2H3,(H2,12,18,19). The zero-order valence-electron chi connectivity index (χ0n) is 10.8. The van der Waals surface area contributed by atoms with Gasteiger partial charge in [0.05, 0.1) is 21.2 Å². The molecule has 0 aliphatic heterocycles. The number of aromatic nitrogens is 2. The monoisotopic (exact) mass is 296 g/mol. The number of nitro groups is 1. The van der Waals surface area contributed by atoms with Crippen molar-refractivity contribution < 1.29 is 13.3 Å². The van der Waals surface area contributed by atoms with Gasteiger partial charge in [0.15, 0.2) is 0 Å². The van der Waals surface area contributed by atoms with Gasteiger partial charge in [0.2, 0.25) is 10.0 Å². The second-order valence-corrected chi connectivity index (χ2v) is 5.81. The van der Waals surface area contributed by atoms with Crippen LogP contribution in [0.5, 0.6) is 0 Å². The number of rotatable bonds is 3. The van der Waals surface area contributed by atoms with Crippen molar-refractivity contribution in [3.05, 3.63) is 40.1 Å². The molecule has 2 rings (SSSR count). The van der Waals surface area contributed by atoms with E-state index in [2.05, 4.69) is 5.10 Å². The normalized spacial score (nSPS) is 11.6. The lowest BCUT2D eigenvalue weighted by Crippen LogP contribution is -2.14. The first-order chi connectivity index (χ1) is 9.20. The molecule has 0 amide bonds. The van der Waals surface area contributed by atoms with Crippen LogP contribution in [-0.2, 0) is 17.1 Å². The first-order valence-electron chi connectivity index (χ1n) is 5.52. The average Bonchev–Trinajstić information content (AvgIpc) is 2.66. The van der Waals surface area contributed by atoms with E-state index in [9.17, 15) is 18.5 Å². The van der Waals surface area contributed by atoms with Gasteiger partial charge in [-0.15, -0.1) is 0 Å². The van der Waals surface area contributed by atoms with Gasteiger partial charge >= 0.3 is 0 Å². The van der Waals surface area contributed by atoms with Crippen LogP contribution in [0.3, 0.4) is 0 Å². The first kappa shape index (κ1) is 14.2. The van der Waals surface area contributed by atoms with E-state index in [0.717, 1.165) is 6.07 Å². The average molecular weight is 296 g/mol. The molecule has 0 fully saturated rings. The summed E-state index contributed by atoms with van der Waals surface area (Å²) in [6.07, 6.45) is 0. The molecule has 0 radical (unpaired) electrons. The SMILES string of the molecule is Cc1cc(-c2ccc([N+](=O)[O-])cc2S(N)(=O)=O)n(C)n1. The summed E-state index contributed by atoms with van der Waals surface area (Å²) in [6.45, 7) is 1.76. The molecule has 20 heavy (non-hydrogen) atoms. The van der Waals surface area contributed by atoms with E-state index < -0.39 is 14.9 Å². The number of primary sulfonamides is 1. The Morgan fingerprint density at radius 3 is 2.45 bits per heavy atom. The van der Waals surface area contributed by atoms with Crippen LogP contribution in [0.15, 0.2) is 29.2 Å². The predicted molar refractivity (Wildman–Crippen MR) is 71.4 cm³/mol. The quantitative estimate of drug-likeness (QED) is 0.667. The Morgan fingerprint density at radius 2 is 2.00 bits per heavy atom. The smallest absolute Gasteiger partial charge is 0.268 e. The molecule has 106 valence electrons. The Bertz CT molecular complexity index is 795. The number of hydrogen-bond donors (Lipinski definition) is 1. The minimum atomic E-state index is -4.09. The summed E-state index contributed by atoms with van der Waals surface area (Å²) in [5.41, 5.74) is 1.15. The summed E-state index contributed by atoms with van der Waals surface area (Å²) in [5, 5.41) is 20.0. The Kier molecular flexibility index (Phi) is 3.32. The highest BCUT2D eigenvalue weighted by atomic mass is 32.2. The van der Waals surface area contributed by atoms with Crippen molar-refractivity contribution in [1.82, 2.24) is 9.78 Å². The maximum Gasteiger partial charge on any atom is 0.270 e. The Labute approximate surface area is 115 Å². The Hall–Kier alpha value is -2.26. The highest BCUT2D eigenvalue weighted by Crippen LogP contribution is 2.30. The molecule has 1 aromatic carbocycles. The molecule has 2 aromatic rings. The molecule has 1 aromatic heterocycles. The van der Waals surface area contributed by atoms with Crippen molar-refractivity contribution in [2.45, 2.75) is 11.8 Å². The fraction of sp³-hybridized carbons (Fsp3) is 0.182. The van der Waals surface area contributed by atoms with Gasteiger partial charge in [-0.2, -0.15) is 5.10 Å². The van der Waals surface area contributed by atoms with Crippen LogP contribution < -0.4 is 5.14 Å². The fourth-order valence-corrected chi connectivity index (χ4v) is 2.70. The van der Waals surface area contributed by atoms with Crippen molar-refractivity contribution in [2.24, 2.45) is 12.2 Å². The van der Waals surface area contributed by atoms with E-state index in [0.29, 0.717) is 11.4 Å². The van der Waals surface area contributed by atoms with Crippen LogP contribution in [0.4, 0.5) is 5.69 Å². The van der Waals surface area contributed by atoms with E-state index in [-0.39, 0.29) is 16.1 Å². The number of nitrogens with zero attached hydrogens (tertiary/aromatic N) is 3. The minimum absolute atomic E-state index is 0.279. The Balaban J connectivity index is 2.77. The molecule has 8 nitrogen and oxygen atoms in total. The molecule has 0 saturated carbocycles. The zero-order valence-corrected chi connectivity index (χ0v) is 11.6. The number of non-ortho nitro benzene ring substituents is 1. The molecule has 0 unspecified atom stereocenters. The first-order valence-corrected chi connectivity index (χ1v) is 7.07. The highest BCUT2D eigenvalue weighted by molar-refractivity contribution is 7.89. The molecular formula is C11H12N4O4S. The fourth-order valence-electron chi connectivity index (χ4n) is 1.93. The molecule has 2 N–H and O–H groups in total. The van der Waals surface area contributed by atoms with E-state index in [4.69, 9.17) is 5.14 Å². The summed E-state index contributed by atoms with van der Waals surface area (Å²) in [6, 6.07) is 5.21. The van der Waals surface area contributed by atoms with Gasteiger partial charge in [-0.3, -0.25) is 14.8 Å². The number of hydrogen-bond acceptors (Lipinski definition) is 5. The third-order valence-corrected chi connectivity index (χ3v) is 3.71. The van der Waals surface area contributed by atoms with Gasteiger partial charge in [-0.25, -0.2) is 13.6 Å². The molecule has 0 aliphatic rings. The third kappa shape index (κ3) is 2.53. The van der Waals surface area contributed by atoms with Crippen LogP contribution in [0.1, 0.15) is 5.69 Å². The molecule has 1 heterocycles. The van der Waals surface area contributed by atoms with Gasteiger partial charge in [-0.1, -0.05) is 0 Å². The van der Waals surface area contributed by atoms with Crippen molar-refractivity contribution in [3.8, 4) is 11.3 Å². The van der Waals surface area contributed by atoms with Crippen LogP contribution in [-0.4, -0.2) is 23.1 Å². The molecule has 0 aliphatic carbocycles. The van der Waals surface area contributed by atoms with Crippen LogP contribution in [0, 0.1) is 17.0 Å². The number of benzene rings is 1. The summed E-state index contributed by atoms with van der Waals surface area (Å²) < 4.78 is 24.8. The number of nitrogens with two attached hydrogens (primary N) is 1.